The molecule has 3 aromatic rings. The molecule has 0 heteroatoms. The van der Waals surface area contributed by atoms with Gasteiger partial charge in [0, 0.05) is 0 Å². The highest BCUT2D eigenvalue weighted by Gasteiger charge is 2.12. The molecule has 0 amide bonds. The Labute approximate surface area is 171 Å². The molecular formula is C28H32. The Kier molecular flexibility index (Phi) is 7.18. The summed E-state index contributed by atoms with van der Waals surface area (Å²) in [6.07, 6.45) is 0. The van der Waals surface area contributed by atoms with Crippen molar-refractivity contribution < 1.29 is 0 Å². The molecule has 0 radical (unpaired) electrons. The summed E-state index contributed by atoms with van der Waals surface area (Å²) in [6.45, 7) is 18.6. The second kappa shape index (κ2) is 9.37. The average Bonchev–Trinajstić information content (AvgIpc) is 2.68. The van der Waals surface area contributed by atoms with Crippen molar-refractivity contribution >= 4 is 11.1 Å². The first-order valence-corrected chi connectivity index (χ1v) is 9.76. The summed E-state index contributed by atoms with van der Waals surface area (Å²) >= 11 is 0. The summed E-state index contributed by atoms with van der Waals surface area (Å²) in [5, 5.41) is 0. The van der Waals surface area contributed by atoms with E-state index in [1.54, 1.807) is 0 Å². The van der Waals surface area contributed by atoms with Crippen LogP contribution in [-0.4, -0.2) is 0 Å². The fraction of sp³-hybridized carbons (Fsp3) is 0.214. The monoisotopic (exact) mass is 368 g/mol. The SMILES string of the molecule is C=C(C)c1ccc(-c2ccccc2)cc1.C=C(C)c1ccc(C(C)(C)C)cc1. The minimum absolute atomic E-state index is 0.244. The van der Waals surface area contributed by atoms with Crippen LogP contribution in [0.2, 0.25) is 0 Å². The Morgan fingerprint density at radius 1 is 0.571 bits per heavy atom. The van der Waals surface area contributed by atoms with Gasteiger partial charge in [-0.25, -0.2) is 0 Å². The summed E-state index contributed by atoms with van der Waals surface area (Å²) < 4.78 is 0. The predicted molar refractivity (Wildman–Crippen MR) is 126 cm³/mol. The van der Waals surface area contributed by atoms with Crippen LogP contribution in [0.5, 0.6) is 0 Å². The van der Waals surface area contributed by atoms with Gasteiger partial charge < -0.3 is 0 Å². The minimum atomic E-state index is 0.244. The highest BCUT2D eigenvalue weighted by Crippen LogP contribution is 2.24. The maximum Gasteiger partial charge on any atom is -0.0132 e. The Morgan fingerprint density at radius 3 is 1.36 bits per heavy atom. The first-order valence-electron chi connectivity index (χ1n) is 9.76. The molecule has 0 fully saturated rings. The van der Waals surface area contributed by atoms with Gasteiger partial charge in [-0.1, -0.05) is 124 Å². The van der Waals surface area contributed by atoms with Crippen molar-refractivity contribution in [3.05, 3.63) is 109 Å². The lowest BCUT2D eigenvalue weighted by Crippen LogP contribution is -2.10. The van der Waals surface area contributed by atoms with Crippen molar-refractivity contribution in [1.82, 2.24) is 0 Å². The number of hydrogen-bond acceptors (Lipinski definition) is 0. The average molecular weight is 369 g/mol. The molecule has 0 spiro atoms. The van der Waals surface area contributed by atoms with Crippen LogP contribution in [0.1, 0.15) is 51.3 Å². The zero-order valence-electron chi connectivity index (χ0n) is 17.9. The van der Waals surface area contributed by atoms with Crippen molar-refractivity contribution in [2.24, 2.45) is 0 Å². The summed E-state index contributed by atoms with van der Waals surface area (Å²) in [6, 6.07) is 27.6. The number of benzene rings is 3. The van der Waals surface area contributed by atoms with E-state index in [2.05, 4.69) is 107 Å². The van der Waals surface area contributed by atoms with E-state index in [0.717, 1.165) is 11.1 Å². The molecule has 0 nitrogen and oxygen atoms in total. The van der Waals surface area contributed by atoms with Crippen LogP contribution in [0, 0.1) is 0 Å². The van der Waals surface area contributed by atoms with Crippen LogP contribution >= 0.6 is 0 Å². The third kappa shape index (κ3) is 6.09. The Bertz CT molecular complexity index is 903. The van der Waals surface area contributed by atoms with E-state index in [9.17, 15) is 0 Å². The van der Waals surface area contributed by atoms with Crippen molar-refractivity contribution in [3.8, 4) is 11.1 Å². The Morgan fingerprint density at radius 2 is 0.964 bits per heavy atom. The summed E-state index contributed by atoms with van der Waals surface area (Å²) in [4.78, 5) is 0. The molecule has 0 N–H and O–H groups in total. The largest absolute Gasteiger partial charge is 0.0955 e. The van der Waals surface area contributed by atoms with Crippen LogP contribution in [0.3, 0.4) is 0 Å². The van der Waals surface area contributed by atoms with Gasteiger partial charge in [0.15, 0.2) is 0 Å². The summed E-state index contributed by atoms with van der Waals surface area (Å²) in [5.41, 5.74) is 8.79. The summed E-state index contributed by atoms with van der Waals surface area (Å²) in [5.74, 6) is 0. The number of allylic oxidation sites excluding steroid dienone is 2. The molecule has 0 saturated heterocycles. The molecule has 0 bridgehead atoms. The van der Waals surface area contributed by atoms with Crippen molar-refractivity contribution in [2.45, 2.75) is 40.0 Å². The van der Waals surface area contributed by atoms with E-state index in [4.69, 9.17) is 0 Å². The molecule has 0 aromatic heterocycles. The fourth-order valence-electron chi connectivity index (χ4n) is 2.83. The van der Waals surface area contributed by atoms with Crippen LogP contribution in [-0.2, 0) is 5.41 Å². The van der Waals surface area contributed by atoms with Gasteiger partial charge in [0.1, 0.15) is 0 Å². The van der Waals surface area contributed by atoms with Crippen LogP contribution in [0.25, 0.3) is 22.3 Å². The van der Waals surface area contributed by atoms with Gasteiger partial charge in [-0.3, -0.25) is 0 Å². The van der Waals surface area contributed by atoms with E-state index in [1.165, 1.54) is 27.8 Å². The molecule has 0 aliphatic carbocycles. The Balaban J connectivity index is 0.000000203. The molecule has 144 valence electrons. The highest BCUT2D eigenvalue weighted by molar-refractivity contribution is 5.68. The molecule has 0 aliphatic heterocycles. The molecule has 3 aromatic carbocycles. The number of hydrogen-bond donors (Lipinski definition) is 0. The molecule has 0 unspecified atom stereocenters. The van der Waals surface area contributed by atoms with Crippen LogP contribution in [0.4, 0.5) is 0 Å². The van der Waals surface area contributed by atoms with Gasteiger partial charge in [-0.15, -0.1) is 0 Å². The second-order valence-corrected chi connectivity index (χ2v) is 8.33. The molecule has 28 heavy (non-hydrogen) atoms. The van der Waals surface area contributed by atoms with Crippen molar-refractivity contribution in [2.75, 3.05) is 0 Å². The molecule has 0 aliphatic rings. The quantitative estimate of drug-likeness (QED) is 0.435. The summed E-state index contributed by atoms with van der Waals surface area (Å²) in [7, 11) is 0. The minimum Gasteiger partial charge on any atom is -0.0955 e. The number of rotatable bonds is 3. The van der Waals surface area contributed by atoms with Crippen molar-refractivity contribution in [1.29, 1.82) is 0 Å². The van der Waals surface area contributed by atoms with E-state index in [0.29, 0.717) is 0 Å². The van der Waals surface area contributed by atoms with Crippen LogP contribution < -0.4 is 0 Å². The molecule has 3 rings (SSSR count). The molecular weight excluding hydrogens is 336 g/mol. The third-order valence-electron chi connectivity index (χ3n) is 4.73. The predicted octanol–water partition coefficient (Wildman–Crippen LogP) is 8.40. The van der Waals surface area contributed by atoms with E-state index < -0.39 is 0 Å². The van der Waals surface area contributed by atoms with Gasteiger partial charge in [-0.05, 0) is 47.1 Å². The van der Waals surface area contributed by atoms with Gasteiger partial charge in [0.05, 0.1) is 0 Å². The first-order chi connectivity index (χ1) is 13.2. The van der Waals surface area contributed by atoms with Gasteiger partial charge in [-0.2, -0.15) is 0 Å². The standard InChI is InChI=1S/C15H14.C13H18/c1-12(2)13-8-10-15(11-9-13)14-6-4-3-5-7-14;1-10(2)11-6-8-12(9-7-11)13(3,4)5/h3-11H,1H2,2H3;6-9H,1H2,2-5H3. The van der Waals surface area contributed by atoms with Gasteiger partial charge >= 0.3 is 0 Å². The zero-order chi connectivity index (χ0) is 20.7. The Hall–Kier alpha value is -2.86. The van der Waals surface area contributed by atoms with Gasteiger partial charge in [0.2, 0.25) is 0 Å². The molecule has 0 atom stereocenters. The van der Waals surface area contributed by atoms with Crippen LogP contribution in [0.15, 0.2) is 92.0 Å². The highest BCUT2D eigenvalue weighted by atomic mass is 14.2. The third-order valence-corrected chi connectivity index (χ3v) is 4.73. The maximum atomic E-state index is 3.93. The van der Waals surface area contributed by atoms with E-state index in [-0.39, 0.29) is 5.41 Å². The smallest absolute Gasteiger partial charge is 0.0132 e. The zero-order valence-corrected chi connectivity index (χ0v) is 17.9. The molecule has 0 heterocycles. The maximum absolute atomic E-state index is 3.93. The second-order valence-electron chi connectivity index (χ2n) is 8.33. The lowest BCUT2D eigenvalue weighted by molar-refractivity contribution is 0.590. The lowest BCUT2D eigenvalue weighted by Gasteiger charge is -2.19. The molecule has 0 saturated carbocycles. The van der Waals surface area contributed by atoms with E-state index in [1.807, 2.05) is 19.9 Å². The fourth-order valence-corrected chi connectivity index (χ4v) is 2.83. The van der Waals surface area contributed by atoms with E-state index >= 15 is 0 Å². The topological polar surface area (TPSA) is 0 Å². The first kappa shape index (κ1) is 21.4. The van der Waals surface area contributed by atoms with Gasteiger partial charge in [0.25, 0.3) is 0 Å². The lowest BCUT2D eigenvalue weighted by atomic mass is 9.86. The van der Waals surface area contributed by atoms with Crippen molar-refractivity contribution in [3.63, 3.8) is 0 Å². The normalized spacial score (nSPS) is 10.6.